The minimum Gasteiger partial charge on any atom is -1.00 e. The molecule has 0 unspecified atom stereocenters. The molecule has 4 aromatic rings. The molecule has 60 heavy (non-hydrogen) atoms. The zero-order valence-corrected chi connectivity index (χ0v) is 36.9. The molecule has 4 aromatic carbocycles. The molecule has 2 aliphatic heterocycles. The topological polar surface area (TPSA) is 79.9 Å². The van der Waals surface area contributed by atoms with E-state index in [2.05, 4.69) is 36.7 Å². The molecule has 0 radical (unpaired) electrons. The molecule has 6 rings (SSSR count). The zero-order chi connectivity index (χ0) is 43.0. The summed E-state index contributed by atoms with van der Waals surface area (Å²) in [6.07, 6.45) is -5.17. The number of hydrogen-bond donors (Lipinski definition) is 2. The number of hydrogen-bond acceptors (Lipinski definition) is 5. The van der Waals surface area contributed by atoms with Gasteiger partial charge in [-0.1, -0.05) is 47.5 Å². The number of ether oxygens (including phenoxy) is 2. The molecule has 0 atom stereocenters. The number of carbonyl (C=O) groups excluding carboxylic acids is 2. The van der Waals surface area contributed by atoms with Crippen molar-refractivity contribution >= 4 is 46.4 Å². The average Bonchev–Trinajstić information content (AvgIpc) is 3.19. The van der Waals surface area contributed by atoms with E-state index in [0.717, 1.165) is 105 Å². The molecule has 0 aliphatic carbocycles. The summed E-state index contributed by atoms with van der Waals surface area (Å²) in [6, 6.07) is 21.9. The number of benzene rings is 4. The highest BCUT2D eigenvalue weighted by molar-refractivity contribution is 6.32. The second kappa shape index (κ2) is 21.6. The summed E-state index contributed by atoms with van der Waals surface area (Å²) in [6.45, 7) is 4.74. The molecule has 2 amide bonds. The lowest BCUT2D eigenvalue weighted by atomic mass is 10.0. The number of alkyl halides is 6. The monoisotopic (exact) mass is 994 g/mol. The summed E-state index contributed by atoms with van der Waals surface area (Å²) in [4.78, 5) is 27.0. The second-order valence-corrected chi connectivity index (χ2v) is 16.0. The Bertz CT molecular complexity index is 2040. The highest BCUT2D eigenvalue weighted by Gasteiger charge is 2.35. The maximum Gasteiger partial charge on any atom is 0.417 e. The summed E-state index contributed by atoms with van der Waals surface area (Å²) < 4.78 is 89.6. The molecule has 17 heteroatoms. The Morgan fingerprint density at radius 1 is 0.667 bits per heavy atom. The number of anilines is 2. The molecule has 2 heterocycles. The Morgan fingerprint density at radius 3 is 1.48 bits per heavy atom. The van der Waals surface area contributed by atoms with Crippen LogP contribution in [0.4, 0.5) is 37.7 Å². The van der Waals surface area contributed by atoms with Gasteiger partial charge in [-0.3, -0.25) is 14.5 Å². The largest absolute Gasteiger partial charge is 1.00 e. The number of rotatable bonds is 10. The number of halogens is 9. The Labute approximate surface area is 373 Å². The molecule has 0 bridgehead atoms. The van der Waals surface area contributed by atoms with Gasteiger partial charge in [0.05, 0.1) is 54.5 Å². The average molecular weight is 996 g/mol. The lowest BCUT2D eigenvalue weighted by Crippen LogP contribution is -3.00. The third-order valence-corrected chi connectivity index (χ3v) is 11.2. The van der Waals surface area contributed by atoms with Gasteiger partial charge in [0.15, 0.2) is 0 Å². The fourth-order valence-corrected chi connectivity index (χ4v) is 7.54. The third-order valence-electron chi connectivity index (χ3n) is 10.5. The fourth-order valence-electron chi connectivity index (χ4n) is 7.09. The van der Waals surface area contributed by atoms with Gasteiger partial charge in [0.1, 0.15) is 6.54 Å². The number of quaternary nitrogens is 1. The van der Waals surface area contributed by atoms with Crippen molar-refractivity contribution in [2.75, 3.05) is 58.2 Å². The standard InChI is InChI=1S/C22H24ClF3N2O2.C21H22ClF3N2O2.HI/c1-28(2,18-9-11-30-12-10-18)14-15-3-6-17(7-4-15)27-21(29)16-5-8-20(23)19(13-16)22(24,25)26;1-27(17-8-10-29-11-9-17)13-14-2-5-16(6-3-14)26-20(28)15-4-7-19(22)18(12-15)21(23,24)25;/h3-8,13,18H,9-12,14H2,1-2H3;2-7,12,17H,8-11,13H2,1H3,(H,26,28);1H. The van der Waals surface area contributed by atoms with E-state index in [0.29, 0.717) is 23.5 Å². The normalized spacial score (nSPS) is 15.4. The van der Waals surface area contributed by atoms with Crippen molar-refractivity contribution in [1.29, 1.82) is 0 Å². The highest BCUT2D eigenvalue weighted by atomic mass is 127. The first kappa shape index (κ1) is 49.2. The zero-order valence-electron chi connectivity index (χ0n) is 33.2. The van der Waals surface area contributed by atoms with Crippen LogP contribution in [0.25, 0.3) is 0 Å². The maximum atomic E-state index is 13.0. The van der Waals surface area contributed by atoms with Gasteiger partial charge in [0.2, 0.25) is 0 Å². The van der Waals surface area contributed by atoms with Crippen LogP contribution in [0, 0.1) is 0 Å². The van der Waals surface area contributed by atoms with Crippen molar-refractivity contribution in [3.8, 4) is 0 Å². The summed E-state index contributed by atoms with van der Waals surface area (Å²) in [5.41, 5.74) is 0.967. The highest BCUT2D eigenvalue weighted by Crippen LogP contribution is 2.36. The fraction of sp³-hybridized carbons (Fsp3) is 0.395. The minimum absolute atomic E-state index is 0. The van der Waals surface area contributed by atoms with Crippen molar-refractivity contribution in [3.63, 3.8) is 0 Å². The maximum absolute atomic E-state index is 13.0. The van der Waals surface area contributed by atoms with Crippen LogP contribution in [0.1, 0.15) is 68.7 Å². The van der Waals surface area contributed by atoms with E-state index in [1.54, 1.807) is 24.3 Å². The molecular weight excluding hydrogens is 948 g/mol. The molecule has 2 fully saturated rings. The quantitative estimate of drug-likeness (QED) is 0.0974. The predicted molar refractivity (Wildman–Crippen MR) is 217 cm³/mol. The number of nitrogens with zero attached hydrogens (tertiary/aromatic N) is 2. The number of carbonyl (C=O) groups is 2. The van der Waals surface area contributed by atoms with Gasteiger partial charge in [0, 0.05) is 66.7 Å². The third kappa shape index (κ3) is 14.0. The molecule has 0 saturated carbocycles. The van der Waals surface area contributed by atoms with Gasteiger partial charge in [-0.2, -0.15) is 26.3 Å². The van der Waals surface area contributed by atoms with Gasteiger partial charge in [-0.05, 0) is 86.1 Å². The number of nitrogens with one attached hydrogen (secondary N) is 2. The van der Waals surface area contributed by atoms with Gasteiger partial charge >= 0.3 is 12.4 Å². The van der Waals surface area contributed by atoms with Crippen LogP contribution in [0.5, 0.6) is 0 Å². The van der Waals surface area contributed by atoms with Crippen LogP contribution in [-0.4, -0.2) is 80.9 Å². The van der Waals surface area contributed by atoms with E-state index >= 15 is 0 Å². The number of amides is 2. The van der Waals surface area contributed by atoms with Gasteiger partial charge in [-0.15, -0.1) is 0 Å². The van der Waals surface area contributed by atoms with Gasteiger partial charge < -0.3 is 48.6 Å². The second-order valence-electron chi connectivity index (χ2n) is 15.2. The van der Waals surface area contributed by atoms with Crippen molar-refractivity contribution < 1.29 is 73.9 Å². The molecule has 8 nitrogen and oxygen atoms in total. The van der Waals surface area contributed by atoms with Crippen LogP contribution in [0.3, 0.4) is 0 Å². The molecule has 0 spiro atoms. The molecular formula is C43H47Cl2F6IN4O4. The van der Waals surface area contributed by atoms with E-state index in [1.165, 1.54) is 12.1 Å². The first-order valence-corrected chi connectivity index (χ1v) is 19.8. The van der Waals surface area contributed by atoms with Gasteiger partial charge in [-0.25, -0.2) is 0 Å². The summed E-state index contributed by atoms with van der Waals surface area (Å²) >= 11 is 11.2. The summed E-state index contributed by atoms with van der Waals surface area (Å²) in [5, 5.41) is 4.39. The van der Waals surface area contributed by atoms with E-state index < -0.39 is 45.3 Å². The lowest BCUT2D eigenvalue weighted by molar-refractivity contribution is -0.929. The minimum atomic E-state index is -4.62. The van der Waals surface area contributed by atoms with Crippen molar-refractivity contribution in [1.82, 2.24) is 4.90 Å². The van der Waals surface area contributed by atoms with E-state index in [-0.39, 0.29) is 35.1 Å². The van der Waals surface area contributed by atoms with Crippen LogP contribution in [0.15, 0.2) is 84.9 Å². The SMILES string of the molecule is CN(Cc1ccc(NC(=O)c2ccc(Cl)c(C(F)(F)F)c2)cc1)C1CCOCC1.C[N+](C)(Cc1ccc(NC(=O)c2ccc(Cl)c(C(F)(F)F)c2)cc1)C1CCOCC1.[I-]. The molecule has 2 saturated heterocycles. The van der Waals surface area contributed by atoms with Crippen molar-refractivity contribution in [2.24, 2.45) is 0 Å². The first-order valence-electron chi connectivity index (χ1n) is 19.0. The van der Waals surface area contributed by atoms with E-state index in [9.17, 15) is 35.9 Å². The van der Waals surface area contributed by atoms with Crippen LogP contribution >= 0.6 is 23.2 Å². The smallest absolute Gasteiger partial charge is 0.417 e. The van der Waals surface area contributed by atoms with E-state index in [1.807, 2.05) is 24.3 Å². The summed E-state index contributed by atoms with van der Waals surface area (Å²) in [5.74, 6) is -1.25. The Morgan fingerprint density at radius 2 is 1.07 bits per heavy atom. The molecule has 2 N–H and O–H groups in total. The Hall–Kier alpha value is -3.45. The predicted octanol–water partition coefficient (Wildman–Crippen LogP) is 7.59. The van der Waals surface area contributed by atoms with Crippen LogP contribution in [0.2, 0.25) is 10.0 Å². The van der Waals surface area contributed by atoms with Crippen LogP contribution < -0.4 is 34.6 Å². The van der Waals surface area contributed by atoms with Gasteiger partial charge in [0.25, 0.3) is 11.8 Å². The van der Waals surface area contributed by atoms with E-state index in [4.69, 9.17) is 32.7 Å². The van der Waals surface area contributed by atoms with Crippen molar-refractivity contribution in [3.05, 3.63) is 128 Å². The Balaban J connectivity index is 0.000000260. The molecule has 0 aromatic heterocycles. The Kier molecular flexibility index (Phi) is 17.7. The van der Waals surface area contributed by atoms with Crippen LogP contribution in [-0.2, 0) is 34.9 Å². The summed E-state index contributed by atoms with van der Waals surface area (Å²) in [7, 11) is 6.47. The molecule has 2 aliphatic rings. The molecule has 326 valence electrons. The van der Waals surface area contributed by atoms with Crippen molar-refractivity contribution in [2.45, 2.75) is 63.2 Å². The lowest BCUT2D eigenvalue weighted by Gasteiger charge is -2.40. The first-order chi connectivity index (χ1) is 27.8.